The zero-order valence-electron chi connectivity index (χ0n) is 15.6. The molecule has 152 valence electrons. The Kier molecular flexibility index (Phi) is 4.87. The molecule has 0 atom stereocenters. The van der Waals surface area contributed by atoms with Crippen molar-refractivity contribution in [1.29, 1.82) is 0 Å². The number of hydrogen-bond donors (Lipinski definition) is 0. The van der Waals surface area contributed by atoms with Crippen LogP contribution in [0.15, 0.2) is 51.8 Å². The third-order valence-electron chi connectivity index (χ3n) is 4.94. The van der Waals surface area contributed by atoms with Gasteiger partial charge in [0.05, 0.1) is 5.69 Å². The molecule has 9 nitrogen and oxygen atoms in total. The number of piperazine rings is 1. The SMILES string of the molecule is O=C(c1ccc(Br)o1)N1CCN(c2ncnc3c2nnn3-c2ccc(Cl)cc2)CC1. The topological polar surface area (TPSA) is 93.2 Å². The van der Waals surface area contributed by atoms with Crippen molar-refractivity contribution in [1.82, 2.24) is 29.9 Å². The monoisotopic (exact) mass is 487 g/mol. The largest absolute Gasteiger partial charge is 0.444 e. The molecule has 1 aromatic carbocycles. The Morgan fingerprint density at radius 3 is 2.50 bits per heavy atom. The highest BCUT2D eigenvalue weighted by molar-refractivity contribution is 9.10. The minimum Gasteiger partial charge on any atom is -0.444 e. The number of anilines is 1. The number of aromatic nitrogens is 5. The van der Waals surface area contributed by atoms with Gasteiger partial charge in [-0.1, -0.05) is 16.8 Å². The molecule has 0 saturated carbocycles. The van der Waals surface area contributed by atoms with E-state index in [2.05, 4.69) is 41.1 Å². The summed E-state index contributed by atoms with van der Waals surface area (Å²) < 4.78 is 7.58. The zero-order chi connectivity index (χ0) is 20.7. The van der Waals surface area contributed by atoms with Gasteiger partial charge in [0, 0.05) is 31.2 Å². The van der Waals surface area contributed by atoms with Crippen molar-refractivity contribution >= 4 is 50.4 Å². The fourth-order valence-corrected chi connectivity index (χ4v) is 3.86. The van der Waals surface area contributed by atoms with Gasteiger partial charge in [0.2, 0.25) is 0 Å². The molecule has 0 radical (unpaired) electrons. The average Bonchev–Trinajstić information content (AvgIpc) is 3.40. The molecule has 1 aliphatic heterocycles. The van der Waals surface area contributed by atoms with E-state index in [1.54, 1.807) is 33.8 Å². The number of furan rings is 1. The van der Waals surface area contributed by atoms with Crippen LogP contribution in [0.2, 0.25) is 5.02 Å². The predicted octanol–water partition coefficient (Wildman–Crippen LogP) is 3.18. The quantitative estimate of drug-likeness (QED) is 0.437. The van der Waals surface area contributed by atoms with Gasteiger partial charge >= 0.3 is 0 Å². The lowest BCUT2D eigenvalue weighted by atomic mass is 10.2. The van der Waals surface area contributed by atoms with Crippen LogP contribution in [0.5, 0.6) is 0 Å². The molecule has 4 heterocycles. The molecule has 3 aromatic heterocycles. The number of benzene rings is 1. The van der Waals surface area contributed by atoms with Crippen molar-refractivity contribution < 1.29 is 9.21 Å². The number of fused-ring (bicyclic) bond motifs is 1. The van der Waals surface area contributed by atoms with E-state index in [-0.39, 0.29) is 5.91 Å². The summed E-state index contributed by atoms with van der Waals surface area (Å²) in [5, 5.41) is 9.20. The van der Waals surface area contributed by atoms with Gasteiger partial charge < -0.3 is 14.2 Å². The molecule has 30 heavy (non-hydrogen) atoms. The molecule has 1 aliphatic rings. The highest BCUT2D eigenvalue weighted by atomic mass is 79.9. The number of rotatable bonds is 3. The minimum absolute atomic E-state index is 0.123. The second-order valence-corrected chi connectivity index (χ2v) is 7.95. The summed E-state index contributed by atoms with van der Waals surface area (Å²) >= 11 is 9.21. The molecule has 0 unspecified atom stereocenters. The first-order chi connectivity index (χ1) is 14.6. The van der Waals surface area contributed by atoms with Crippen LogP contribution in [0, 0.1) is 0 Å². The predicted molar refractivity (Wildman–Crippen MR) is 114 cm³/mol. The van der Waals surface area contributed by atoms with Crippen molar-refractivity contribution in [2.45, 2.75) is 0 Å². The van der Waals surface area contributed by atoms with Gasteiger partial charge in [-0.3, -0.25) is 4.79 Å². The zero-order valence-corrected chi connectivity index (χ0v) is 17.9. The summed E-state index contributed by atoms with van der Waals surface area (Å²) in [5.74, 6) is 0.903. The van der Waals surface area contributed by atoms with Crippen LogP contribution in [0.3, 0.4) is 0 Å². The molecule has 0 aliphatic carbocycles. The van der Waals surface area contributed by atoms with E-state index in [4.69, 9.17) is 16.0 Å². The molecule has 0 spiro atoms. The van der Waals surface area contributed by atoms with E-state index >= 15 is 0 Å². The fourth-order valence-electron chi connectivity index (χ4n) is 3.43. The number of carbonyl (C=O) groups excluding carboxylic acids is 1. The maximum Gasteiger partial charge on any atom is 0.289 e. The molecule has 1 saturated heterocycles. The lowest BCUT2D eigenvalue weighted by molar-refractivity contribution is 0.0713. The molecule has 11 heteroatoms. The summed E-state index contributed by atoms with van der Waals surface area (Å²) in [6.45, 7) is 2.34. The van der Waals surface area contributed by atoms with Crippen molar-refractivity contribution in [3.8, 4) is 5.69 Å². The van der Waals surface area contributed by atoms with Gasteiger partial charge in [0.1, 0.15) is 6.33 Å². The van der Waals surface area contributed by atoms with Gasteiger partial charge in [-0.15, -0.1) is 5.10 Å². The lowest BCUT2D eigenvalue weighted by Crippen LogP contribution is -2.49. The highest BCUT2D eigenvalue weighted by Gasteiger charge is 2.26. The lowest BCUT2D eigenvalue weighted by Gasteiger charge is -2.34. The Bertz CT molecular complexity index is 1220. The van der Waals surface area contributed by atoms with Gasteiger partial charge in [0.15, 0.2) is 27.4 Å². The normalized spacial score (nSPS) is 14.5. The van der Waals surface area contributed by atoms with Gasteiger partial charge in [0.25, 0.3) is 5.91 Å². The van der Waals surface area contributed by atoms with Crippen molar-refractivity contribution in [2.24, 2.45) is 0 Å². The summed E-state index contributed by atoms with van der Waals surface area (Å²) in [7, 11) is 0. The number of nitrogens with zero attached hydrogens (tertiary/aromatic N) is 7. The van der Waals surface area contributed by atoms with Crippen LogP contribution in [-0.2, 0) is 0 Å². The number of carbonyl (C=O) groups is 1. The maximum absolute atomic E-state index is 12.6. The smallest absolute Gasteiger partial charge is 0.289 e. The first-order valence-corrected chi connectivity index (χ1v) is 10.4. The fraction of sp³-hybridized carbons (Fsp3) is 0.211. The van der Waals surface area contributed by atoms with Gasteiger partial charge in [-0.2, -0.15) is 4.68 Å². The van der Waals surface area contributed by atoms with Crippen LogP contribution in [0.4, 0.5) is 5.82 Å². The average molecular weight is 489 g/mol. The Labute approximate surface area is 184 Å². The molecular formula is C19H15BrClN7O2. The van der Waals surface area contributed by atoms with Crippen molar-refractivity contribution in [3.63, 3.8) is 0 Å². The Hall–Kier alpha value is -2.98. The third-order valence-corrected chi connectivity index (χ3v) is 5.62. The standard InChI is InChI=1S/C19H15BrClN7O2/c20-15-6-5-14(30-15)19(29)27-9-7-26(8-10-27)17-16-18(23-11-22-17)28(25-24-16)13-3-1-12(21)2-4-13/h1-6,11H,7-10H2. The van der Waals surface area contributed by atoms with Crippen LogP contribution in [-0.4, -0.2) is 61.9 Å². The van der Waals surface area contributed by atoms with E-state index in [1.807, 2.05) is 12.1 Å². The molecule has 0 N–H and O–H groups in total. The molecule has 0 bridgehead atoms. The Morgan fingerprint density at radius 2 is 1.80 bits per heavy atom. The van der Waals surface area contributed by atoms with Crippen molar-refractivity contribution in [3.05, 3.63) is 58.2 Å². The third kappa shape index (κ3) is 3.41. The van der Waals surface area contributed by atoms with E-state index in [0.29, 0.717) is 58.6 Å². The Balaban J connectivity index is 1.37. The molecular weight excluding hydrogens is 474 g/mol. The van der Waals surface area contributed by atoms with Crippen LogP contribution >= 0.6 is 27.5 Å². The van der Waals surface area contributed by atoms with Crippen LogP contribution < -0.4 is 4.90 Å². The second kappa shape index (κ2) is 7.69. The summed E-state index contributed by atoms with van der Waals surface area (Å²) in [6, 6.07) is 10.7. The number of amides is 1. The summed E-state index contributed by atoms with van der Waals surface area (Å²) in [5.41, 5.74) is 2.04. The second-order valence-electron chi connectivity index (χ2n) is 6.73. The summed E-state index contributed by atoms with van der Waals surface area (Å²) in [4.78, 5) is 25.2. The highest BCUT2D eigenvalue weighted by Crippen LogP contribution is 2.25. The van der Waals surface area contributed by atoms with E-state index in [1.165, 1.54) is 6.33 Å². The first-order valence-electron chi connectivity index (χ1n) is 9.22. The molecule has 1 amide bonds. The van der Waals surface area contributed by atoms with E-state index < -0.39 is 0 Å². The molecule has 1 fully saturated rings. The van der Waals surface area contributed by atoms with Gasteiger partial charge in [-0.05, 0) is 52.3 Å². The first kappa shape index (κ1) is 19.0. The van der Waals surface area contributed by atoms with Gasteiger partial charge in [-0.25, -0.2) is 9.97 Å². The van der Waals surface area contributed by atoms with Crippen molar-refractivity contribution in [2.75, 3.05) is 31.1 Å². The van der Waals surface area contributed by atoms with E-state index in [0.717, 1.165) is 5.69 Å². The number of halogens is 2. The molecule has 4 aromatic rings. The van der Waals surface area contributed by atoms with Crippen LogP contribution in [0.1, 0.15) is 10.6 Å². The Morgan fingerprint density at radius 1 is 1.03 bits per heavy atom. The van der Waals surface area contributed by atoms with E-state index in [9.17, 15) is 4.79 Å². The maximum atomic E-state index is 12.6. The summed E-state index contributed by atoms with van der Waals surface area (Å²) in [6.07, 6.45) is 1.51. The minimum atomic E-state index is -0.123. The number of hydrogen-bond acceptors (Lipinski definition) is 7. The van der Waals surface area contributed by atoms with Crippen LogP contribution in [0.25, 0.3) is 16.9 Å². The molecule has 5 rings (SSSR count).